The lowest BCUT2D eigenvalue weighted by atomic mass is 10.2. The Balaban J connectivity index is 1.39. The van der Waals surface area contributed by atoms with Crippen molar-refractivity contribution in [2.75, 3.05) is 30.3 Å². The summed E-state index contributed by atoms with van der Waals surface area (Å²) in [5, 5.41) is 2.61. The lowest BCUT2D eigenvalue weighted by Crippen LogP contribution is -2.36. The fourth-order valence-electron chi connectivity index (χ4n) is 2.99. The van der Waals surface area contributed by atoms with Gasteiger partial charge in [0.1, 0.15) is 12.4 Å². The Labute approximate surface area is 176 Å². The first-order chi connectivity index (χ1) is 14.3. The molecule has 5 nitrogen and oxygen atoms in total. The van der Waals surface area contributed by atoms with Crippen LogP contribution in [0.15, 0.2) is 53.4 Å². The normalized spacial score (nSPS) is 13.5. The summed E-state index contributed by atoms with van der Waals surface area (Å²) in [7, 11) is 0. The van der Waals surface area contributed by atoms with Gasteiger partial charge in [-0.15, -0.1) is 11.8 Å². The van der Waals surface area contributed by atoms with Crippen LogP contribution >= 0.6 is 11.8 Å². The van der Waals surface area contributed by atoms with Crippen molar-refractivity contribution in [2.24, 2.45) is 0 Å². The summed E-state index contributed by atoms with van der Waals surface area (Å²) in [5.41, 5.74) is 0.0777. The maximum absolute atomic E-state index is 12.7. The van der Waals surface area contributed by atoms with Crippen LogP contribution < -0.4 is 15.0 Å². The fraction of sp³-hybridized carbons (Fsp3) is 0.333. The van der Waals surface area contributed by atoms with E-state index in [9.17, 15) is 22.8 Å². The average molecular weight is 438 g/mol. The molecule has 0 atom stereocenters. The topological polar surface area (TPSA) is 58.6 Å². The highest BCUT2D eigenvalue weighted by Crippen LogP contribution is 2.34. The van der Waals surface area contributed by atoms with Gasteiger partial charge < -0.3 is 15.0 Å². The summed E-state index contributed by atoms with van der Waals surface area (Å²) in [6.07, 6.45) is -4.32. The van der Waals surface area contributed by atoms with Crippen molar-refractivity contribution in [2.45, 2.75) is 23.9 Å². The van der Waals surface area contributed by atoms with E-state index >= 15 is 0 Å². The second-order valence-corrected chi connectivity index (χ2v) is 7.72. The molecule has 0 saturated heterocycles. The van der Waals surface area contributed by atoms with Crippen molar-refractivity contribution in [3.05, 3.63) is 54.1 Å². The molecule has 0 saturated carbocycles. The summed E-state index contributed by atoms with van der Waals surface area (Å²) in [6, 6.07) is 12.2. The number of thioether (sulfide) groups is 1. The molecule has 1 aliphatic heterocycles. The largest absolute Gasteiger partial charge is 0.492 e. The fourth-order valence-corrected chi connectivity index (χ4v) is 3.99. The standard InChI is InChI=1S/C21H21F3N2O3S/c22-21(23,24)15-4-3-5-16(14-15)29-12-10-25-19(27)8-9-20(28)26-11-13-30-18-7-2-1-6-17(18)26/h1-7,14H,8-13H2,(H,25,27). The zero-order valence-electron chi connectivity index (χ0n) is 16.1. The summed E-state index contributed by atoms with van der Waals surface area (Å²) >= 11 is 1.70. The van der Waals surface area contributed by atoms with Crippen molar-refractivity contribution in [3.8, 4) is 5.75 Å². The molecule has 0 radical (unpaired) electrons. The molecule has 1 N–H and O–H groups in total. The minimum Gasteiger partial charge on any atom is -0.492 e. The molecule has 0 aromatic heterocycles. The number of halogens is 3. The first kappa shape index (κ1) is 22.0. The average Bonchev–Trinajstić information content (AvgIpc) is 2.74. The van der Waals surface area contributed by atoms with Crippen molar-refractivity contribution >= 4 is 29.3 Å². The van der Waals surface area contributed by atoms with Crippen LogP contribution in [-0.2, 0) is 15.8 Å². The molecular weight excluding hydrogens is 417 g/mol. The van der Waals surface area contributed by atoms with Crippen molar-refractivity contribution in [3.63, 3.8) is 0 Å². The number of anilines is 1. The summed E-state index contributed by atoms with van der Waals surface area (Å²) in [6.45, 7) is 0.761. The summed E-state index contributed by atoms with van der Waals surface area (Å²) in [5.74, 6) is 0.464. The van der Waals surface area contributed by atoms with Gasteiger partial charge in [-0.2, -0.15) is 13.2 Å². The van der Waals surface area contributed by atoms with Crippen molar-refractivity contribution < 1.29 is 27.5 Å². The van der Waals surface area contributed by atoms with E-state index in [0.29, 0.717) is 6.54 Å². The van der Waals surface area contributed by atoms with Crippen LogP contribution in [0.2, 0.25) is 0 Å². The number of nitrogens with one attached hydrogen (secondary N) is 1. The molecular formula is C21H21F3N2O3S. The first-order valence-electron chi connectivity index (χ1n) is 9.43. The SMILES string of the molecule is O=C(CCC(=O)N1CCSc2ccccc21)NCCOc1cccc(C(F)(F)F)c1. The van der Waals surface area contributed by atoms with Gasteiger partial charge >= 0.3 is 6.18 Å². The maximum Gasteiger partial charge on any atom is 0.416 e. The number of benzene rings is 2. The smallest absolute Gasteiger partial charge is 0.416 e. The number of alkyl halides is 3. The van der Waals surface area contributed by atoms with Crippen molar-refractivity contribution in [1.29, 1.82) is 0 Å². The number of hydrogen-bond acceptors (Lipinski definition) is 4. The van der Waals surface area contributed by atoms with Gasteiger partial charge in [-0.1, -0.05) is 18.2 Å². The van der Waals surface area contributed by atoms with E-state index in [1.807, 2.05) is 24.3 Å². The summed E-state index contributed by atoms with van der Waals surface area (Å²) in [4.78, 5) is 27.2. The number of carbonyl (C=O) groups excluding carboxylic acids is 2. The Morgan fingerprint density at radius 1 is 1.10 bits per heavy atom. The molecule has 30 heavy (non-hydrogen) atoms. The zero-order chi connectivity index (χ0) is 21.6. The lowest BCUT2D eigenvalue weighted by molar-refractivity contribution is -0.137. The zero-order valence-corrected chi connectivity index (χ0v) is 16.9. The molecule has 0 spiro atoms. The van der Waals surface area contributed by atoms with E-state index in [1.54, 1.807) is 16.7 Å². The molecule has 3 rings (SSSR count). The highest BCUT2D eigenvalue weighted by molar-refractivity contribution is 7.99. The summed E-state index contributed by atoms with van der Waals surface area (Å²) < 4.78 is 43.3. The minimum atomic E-state index is -4.44. The van der Waals surface area contributed by atoms with E-state index < -0.39 is 11.7 Å². The minimum absolute atomic E-state index is 0.0255. The van der Waals surface area contributed by atoms with Crippen LogP contribution in [0.4, 0.5) is 18.9 Å². The Kier molecular flexibility index (Phi) is 7.25. The van der Waals surface area contributed by atoms with Crippen LogP contribution in [0.5, 0.6) is 5.75 Å². The number of nitrogens with zero attached hydrogens (tertiary/aromatic N) is 1. The second kappa shape index (κ2) is 9.88. The third kappa shape index (κ3) is 5.91. The molecule has 1 aliphatic rings. The number of ether oxygens (including phenoxy) is 1. The van der Waals surface area contributed by atoms with Crippen molar-refractivity contribution in [1.82, 2.24) is 5.32 Å². The molecule has 0 unspecified atom stereocenters. The van der Waals surface area contributed by atoms with E-state index in [-0.39, 0.29) is 43.6 Å². The molecule has 0 fully saturated rings. The van der Waals surface area contributed by atoms with Gasteiger partial charge in [0.2, 0.25) is 11.8 Å². The number of rotatable bonds is 7. The Morgan fingerprint density at radius 3 is 2.70 bits per heavy atom. The Bertz CT molecular complexity index is 905. The van der Waals surface area contributed by atoms with E-state index in [0.717, 1.165) is 28.5 Å². The Morgan fingerprint density at radius 2 is 1.90 bits per heavy atom. The lowest BCUT2D eigenvalue weighted by Gasteiger charge is -2.29. The number of hydrogen-bond donors (Lipinski definition) is 1. The van der Waals surface area contributed by atoms with E-state index in [4.69, 9.17) is 4.74 Å². The molecule has 0 bridgehead atoms. The quantitative estimate of drug-likeness (QED) is 0.661. The highest BCUT2D eigenvalue weighted by Gasteiger charge is 2.30. The van der Waals surface area contributed by atoms with Crippen LogP contribution in [-0.4, -0.2) is 37.3 Å². The van der Waals surface area contributed by atoms with Gasteiger partial charge in [0, 0.05) is 30.0 Å². The predicted octanol–water partition coefficient (Wildman–Crippen LogP) is 4.12. The molecule has 0 aliphatic carbocycles. The van der Waals surface area contributed by atoms with E-state index in [1.165, 1.54) is 12.1 Å². The van der Waals surface area contributed by atoms with Crippen LogP contribution in [0.3, 0.4) is 0 Å². The molecule has 2 aromatic rings. The number of fused-ring (bicyclic) bond motifs is 1. The van der Waals surface area contributed by atoms with E-state index in [2.05, 4.69) is 5.32 Å². The van der Waals surface area contributed by atoms with Gasteiger partial charge in [-0.3, -0.25) is 9.59 Å². The Hall–Kier alpha value is -2.68. The van der Waals surface area contributed by atoms with Gasteiger partial charge in [-0.25, -0.2) is 0 Å². The monoisotopic (exact) mass is 438 g/mol. The second-order valence-electron chi connectivity index (χ2n) is 6.59. The van der Waals surface area contributed by atoms with Crippen LogP contribution in [0, 0.1) is 0 Å². The van der Waals surface area contributed by atoms with Gasteiger partial charge in [0.05, 0.1) is 17.8 Å². The third-order valence-corrected chi connectivity index (χ3v) is 5.49. The first-order valence-corrected chi connectivity index (χ1v) is 10.4. The number of carbonyl (C=O) groups is 2. The molecule has 2 aromatic carbocycles. The molecule has 9 heteroatoms. The van der Waals surface area contributed by atoms with Crippen LogP contribution in [0.25, 0.3) is 0 Å². The maximum atomic E-state index is 12.7. The number of para-hydroxylation sites is 1. The number of amides is 2. The molecule has 2 amide bonds. The van der Waals surface area contributed by atoms with Gasteiger partial charge in [0.15, 0.2) is 0 Å². The van der Waals surface area contributed by atoms with Gasteiger partial charge in [-0.05, 0) is 30.3 Å². The highest BCUT2D eigenvalue weighted by atomic mass is 32.2. The van der Waals surface area contributed by atoms with Gasteiger partial charge in [0.25, 0.3) is 0 Å². The molecule has 1 heterocycles. The predicted molar refractivity (Wildman–Crippen MR) is 109 cm³/mol. The van der Waals surface area contributed by atoms with Crippen LogP contribution in [0.1, 0.15) is 18.4 Å². The third-order valence-electron chi connectivity index (χ3n) is 4.45. The molecule has 160 valence electrons.